The van der Waals surface area contributed by atoms with Crippen molar-refractivity contribution < 1.29 is 14.3 Å². The van der Waals surface area contributed by atoms with Gasteiger partial charge >= 0.3 is 0 Å². The Kier molecular flexibility index (Phi) is 7.02. The van der Waals surface area contributed by atoms with E-state index >= 15 is 0 Å². The average Bonchev–Trinajstić information content (AvgIpc) is 2.61. The highest BCUT2D eigenvalue weighted by atomic mass is 16.5. The Morgan fingerprint density at radius 3 is 2.64 bits per heavy atom. The summed E-state index contributed by atoms with van der Waals surface area (Å²) >= 11 is 0. The van der Waals surface area contributed by atoms with Crippen LogP contribution in [0.4, 0.5) is 5.69 Å². The number of nitrogens with one attached hydrogen (secondary N) is 1. The first-order chi connectivity index (χ1) is 12.0. The zero-order valence-electron chi connectivity index (χ0n) is 15.5. The van der Waals surface area contributed by atoms with Crippen molar-refractivity contribution in [3.63, 3.8) is 0 Å². The number of aryl methyl sites for hydroxylation is 2. The van der Waals surface area contributed by atoms with Gasteiger partial charge in [0.15, 0.2) is 0 Å². The lowest BCUT2D eigenvalue weighted by Crippen LogP contribution is -2.13. The Hall–Kier alpha value is -2.33. The monoisotopic (exact) mass is 341 g/mol. The Bertz CT molecular complexity index is 725. The Balaban J connectivity index is 2.14. The third-order valence-electron chi connectivity index (χ3n) is 4.08. The number of rotatable bonds is 8. The van der Waals surface area contributed by atoms with Crippen LogP contribution in [0.2, 0.25) is 0 Å². The van der Waals surface area contributed by atoms with Crippen LogP contribution in [0.5, 0.6) is 5.75 Å². The molecule has 1 N–H and O–H groups in total. The van der Waals surface area contributed by atoms with E-state index in [0.717, 1.165) is 41.0 Å². The standard InChI is InChI=1S/C21H27NO3/c1-5-6-11-25-14-18-13-17(9-10-20(18)24-4)21(23)22-19-12-15(2)7-8-16(19)3/h7-10,12-13H,5-6,11,14H2,1-4H3,(H,22,23). The van der Waals surface area contributed by atoms with Gasteiger partial charge in [0.05, 0.1) is 13.7 Å². The summed E-state index contributed by atoms with van der Waals surface area (Å²) in [4.78, 5) is 12.6. The van der Waals surface area contributed by atoms with Crippen LogP contribution in [0.25, 0.3) is 0 Å². The van der Waals surface area contributed by atoms with Gasteiger partial charge in [0.25, 0.3) is 5.91 Å². The molecule has 1 amide bonds. The molecule has 134 valence electrons. The van der Waals surface area contributed by atoms with Gasteiger partial charge in [-0.05, 0) is 55.7 Å². The van der Waals surface area contributed by atoms with Crippen LogP contribution >= 0.6 is 0 Å². The summed E-state index contributed by atoms with van der Waals surface area (Å²) in [5.74, 6) is 0.603. The van der Waals surface area contributed by atoms with Gasteiger partial charge < -0.3 is 14.8 Å². The van der Waals surface area contributed by atoms with E-state index in [9.17, 15) is 4.79 Å². The molecule has 0 aromatic heterocycles. The minimum atomic E-state index is -0.133. The minimum absolute atomic E-state index is 0.133. The predicted molar refractivity (Wildman–Crippen MR) is 101 cm³/mol. The van der Waals surface area contributed by atoms with Crippen LogP contribution in [0.1, 0.15) is 46.8 Å². The summed E-state index contributed by atoms with van der Waals surface area (Å²) in [7, 11) is 1.63. The quantitative estimate of drug-likeness (QED) is 0.696. The number of ether oxygens (including phenoxy) is 2. The normalized spacial score (nSPS) is 10.6. The lowest BCUT2D eigenvalue weighted by molar-refractivity contribution is 0.102. The second-order valence-corrected chi connectivity index (χ2v) is 6.21. The number of carbonyl (C=O) groups is 1. The lowest BCUT2D eigenvalue weighted by atomic mass is 10.1. The van der Waals surface area contributed by atoms with E-state index in [-0.39, 0.29) is 5.91 Å². The molecular formula is C21H27NO3. The Morgan fingerprint density at radius 1 is 1.12 bits per heavy atom. The van der Waals surface area contributed by atoms with Crippen molar-refractivity contribution in [2.45, 2.75) is 40.2 Å². The van der Waals surface area contributed by atoms with Crippen molar-refractivity contribution >= 4 is 11.6 Å². The molecule has 25 heavy (non-hydrogen) atoms. The Labute approximate surface area is 150 Å². The van der Waals surface area contributed by atoms with Crippen LogP contribution in [0.3, 0.4) is 0 Å². The zero-order valence-corrected chi connectivity index (χ0v) is 15.5. The molecule has 0 saturated heterocycles. The number of methoxy groups -OCH3 is 1. The molecule has 0 saturated carbocycles. The largest absolute Gasteiger partial charge is 0.496 e. The van der Waals surface area contributed by atoms with E-state index in [2.05, 4.69) is 12.2 Å². The molecule has 0 atom stereocenters. The molecule has 0 heterocycles. The maximum atomic E-state index is 12.6. The van der Waals surface area contributed by atoms with Gasteiger partial charge in [-0.1, -0.05) is 25.5 Å². The number of carbonyl (C=O) groups excluding carboxylic acids is 1. The molecule has 0 bridgehead atoms. The highest BCUT2D eigenvalue weighted by Crippen LogP contribution is 2.23. The predicted octanol–water partition coefficient (Wildman–Crippen LogP) is 4.88. The summed E-state index contributed by atoms with van der Waals surface area (Å²) in [5.41, 5.74) is 4.46. The van der Waals surface area contributed by atoms with Crippen molar-refractivity contribution in [1.82, 2.24) is 0 Å². The van der Waals surface area contributed by atoms with Crippen LogP contribution in [0.15, 0.2) is 36.4 Å². The van der Waals surface area contributed by atoms with E-state index in [0.29, 0.717) is 18.8 Å². The van der Waals surface area contributed by atoms with Gasteiger partial charge in [0.1, 0.15) is 5.75 Å². The van der Waals surface area contributed by atoms with Gasteiger partial charge in [-0.3, -0.25) is 4.79 Å². The third-order valence-corrected chi connectivity index (χ3v) is 4.08. The number of unbranched alkanes of at least 4 members (excludes halogenated alkanes) is 1. The topological polar surface area (TPSA) is 47.6 Å². The average molecular weight is 341 g/mol. The van der Waals surface area contributed by atoms with Crippen LogP contribution in [-0.4, -0.2) is 19.6 Å². The lowest BCUT2D eigenvalue weighted by Gasteiger charge is -2.13. The number of anilines is 1. The van der Waals surface area contributed by atoms with Gasteiger partial charge in [-0.25, -0.2) is 0 Å². The van der Waals surface area contributed by atoms with E-state index in [4.69, 9.17) is 9.47 Å². The number of hydrogen-bond acceptors (Lipinski definition) is 3. The first-order valence-electron chi connectivity index (χ1n) is 8.68. The van der Waals surface area contributed by atoms with Crippen molar-refractivity contribution in [2.75, 3.05) is 19.0 Å². The van der Waals surface area contributed by atoms with Crippen molar-refractivity contribution in [3.8, 4) is 5.75 Å². The zero-order chi connectivity index (χ0) is 18.2. The molecule has 0 spiro atoms. The second-order valence-electron chi connectivity index (χ2n) is 6.21. The minimum Gasteiger partial charge on any atom is -0.496 e. The Morgan fingerprint density at radius 2 is 1.92 bits per heavy atom. The van der Waals surface area contributed by atoms with Gasteiger partial charge in [-0.15, -0.1) is 0 Å². The second kappa shape index (κ2) is 9.23. The maximum absolute atomic E-state index is 12.6. The fourth-order valence-corrected chi connectivity index (χ4v) is 2.53. The summed E-state index contributed by atoms with van der Waals surface area (Å²) in [5, 5.41) is 2.99. The van der Waals surface area contributed by atoms with Crippen LogP contribution in [-0.2, 0) is 11.3 Å². The van der Waals surface area contributed by atoms with E-state index in [1.807, 2.05) is 44.2 Å². The maximum Gasteiger partial charge on any atom is 0.255 e. The molecule has 4 nitrogen and oxygen atoms in total. The van der Waals surface area contributed by atoms with E-state index in [1.165, 1.54) is 0 Å². The molecule has 0 unspecified atom stereocenters. The summed E-state index contributed by atoms with van der Waals surface area (Å²) in [6, 6.07) is 11.4. The van der Waals surface area contributed by atoms with Gasteiger partial charge in [0, 0.05) is 23.4 Å². The highest BCUT2D eigenvalue weighted by Gasteiger charge is 2.12. The van der Waals surface area contributed by atoms with E-state index < -0.39 is 0 Å². The fraction of sp³-hybridized carbons (Fsp3) is 0.381. The molecule has 2 aromatic carbocycles. The first kappa shape index (κ1) is 19.0. The van der Waals surface area contributed by atoms with E-state index in [1.54, 1.807) is 13.2 Å². The molecule has 0 aliphatic carbocycles. The molecule has 0 fully saturated rings. The molecule has 2 aromatic rings. The first-order valence-corrected chi connectivity index (χ1v) is 8.68. The van der Waals surface area contributed by atoms with Crippen molar-refractivity contribution in [1.29, 1.82) is 0 Å². The highest BCUT2D eigenvalue weighted by molar-refractivity contribution is 6.04. The fourth-order valence-electron chi connectivity index (χ4n) is 2.53. The van der Waals surface area contributed by atoms with Gasteiger partial charge in [0.2, 0.25) is 0 Å². The summed E-state index contributed by atoms with van der Waals surface area (Å²) < 4.78 is 11.1. The third kappa shape index (κ3) is 5.33. The molecule has 4 heteroatoms. The number of hydrogen-bond donors (Lipinski definition) is 1. The summed E-state index contributed by atoms with van der Waals surface area (Å²) in [6.45, 7) is 7.26. The number of amides is 1. The molecule has 0 aliphatic rings. The number of benzene rings is 2. The smallest absolute Gasteiger partial charge is 0.255 e. The molecule has 0 radical (unpaired) electrons. The SMILES string of the molecule is CCCCOCc1cc(C(=O)Nc2cc(C)ccc2C)ccc1OC. The van der Waals surface area contributed by atoms with Crippen molar-refractivity contribution in [2.24, 2.45) is 0 Å². The molecular weight excluding hydrogens is 314 g/mol. The molecule has 2 rings (SSSR count). The van der Waals surface area contributed by atoms with Crippen molar-refractivity contribution in [3.05, 3.63) is 58.7 Å². The van der Waals surface area contributed by atoms with Gasteiger partial charge in [-0.2, -0.15) is 0 Å². The van der Waals surface area contributed by atoms with Crippen LogP contribution in [0, 0.1) is 13.8 Å². The van der Waals surface area contributed by atoms with Crippen LogP contribution < -0.4 is 10.1 Å². The summed E-state index contributed by atoms with van der Waals surface area (Å²) in [6.07, 6.45) is 2.12. The molecule has 0 aliphatic heterocycles.